The molecule has 0 aromatic heterocycles. The first-order valence-corrected chi connectivity index (χ1v) is 7.84. The highest BCUT2D eigenvalue weighted by Crippen LogP contribution is 2.20. The van der Waals surface area contributed by atoms with Gasteiger partial charge in [0.25, 0.3) is 5.91 Å². The van der Waals surface area contributed by atoms with E-state index in [1.54, 1.807) is 0 Å². The minimum Gasteiger partial charge on any atom is -0.484 e. The molecule has 0 heterocycles. The summed E-state index contributed by atoms with van der Waals surface area (Å²) in [6, 6.07) is 13.9. The Bertz CT molecular complexity index is 613. The van der Waals surface area contributed by atoms with Gasteiger partial charge in [-0.15, -0.1) is 0 Å². The summed E-state index contributed by atoms with van der Waals surface area (Å²) >= 11 is 0. The highest BCUT2D eigenvalue weighted by molar-refractivity contribution is 5.84. The van der Waals surface area contributed by atoms with Crippen molar-refractivity contribution in [3.63, 3.8) is 0 Å². The van der Waals surface area contributed by atoms with Crippen molar-refractivity contribution >= 4 is 16.7 Å². The molecule has 0 spiro atoms. The molecule has 3 N–H and O–H groups in total. The minimum atomic E-state index is -0.125. The van der Waals surface area contributed by atoms with Crippen LogP contribution >= 0.6 is 0 Å². The Morgan fingerprint density at radius 2 is 2.00 bits per heavy atom. The van der Waals surface area contributed by atoms with Gasteiger partial charge in [0.2, 0.25) is 0 Å². The molecule has 0 aliphatic heterocycles. The van der Waals surface area contributed by atoms with E-state index >= 15 is 0 Å². The number of rotatable bonds is 8. The molecule has 2 aromatic rings. The average molecular weight is 300 g/mol. The van der Waals surface area contributed by atoms with Gasteiger partial charge >= 0.3 is 0 Å². The zero-order chi connectivity index (χ0) is 15.8. The van der Waals surface area contributed by atoms with Gasteiger partial charge in [0.15, 0.2) is 6.61 Å². The van der Waals surface area contributed by atoms with Crippen LogP contribution in [0, 0.1) is 0 Å². The van der Waals surface area contributed by atoms with Crippen molar-refractivity contribution in [3.05, 3.63) is 42.5 Å². The van der Waals surface area contributed by atoms with E-state index in [4.69, 9.17) is 10.5 Å². The molecule has 4 heteroatoms. The first-order chi connectivity index (χ1) is 10.7. The van der Waals surface area contributed by atoms with E-state index in [0.29, 0.717) is 12.3 Å². The summed E-state index contributed by atoms with van der Waals surface area (Å²) in [6.07, 6.45) is 3.07. The van der Waals surface area contributed by atoms with Crippen LogP contribution < -0.4 is 15.8 Å². The van der Waals surface area contributed by atoms with Crippen molar-refractivity contribution in [1.82, 2.24) is 5.32 Å². The Morgan fingerprint density at radius 1 is 1.23 bits per heavy atom. The second-order valence-corrected chi connectivity index (χ2v) is 5.44. The van der Waals surface area contributed by atoms with Gasteiger partial charge in [-0.05, 0) is 29.3 Å². The van der Waals surface area contributed by atoms with Crippen LogP contribution in [0.3, 0.4) is 0 Å². The first-order valence-electron chi connectivity index (χ1n) is 7.84. The zero-order valence-electron chi connectivity index (χ0n) is 13.0. The number of nitrogens with two attached hydrogens (primary N) is 1. The molecule has 22 heavy (non-hydrogen) atoms. The fraction of sp³-hybridized carbons (Fsp3) is 0.389. The first kappa shape index (κ1) is 16.3. The minimum absolute atomic E-state index is 0.0148. The quantitative estimate of drug-likeness (QED) is 0.788. The van der Waals surface area contributed by atoms with E-state index in [9.17, 15) is 4.79 Å². The number of nitrogens with one attached hydrogen (secondary N) is 1. The van der Waals surface area contributed by atoms with Crippen LogP contribution in [0.15, 0.2) is 42.5 Å². The van der Waals surface area contributed by atoms with Gasteiger partial charge in [-0.1, -0.05) is 50.1 Å². The van der Waals surface area contributed by atoms with Gasteiger partial charge in [0.1, 0.15) is 5.75 Å². The number of hydrogen-bond donors (Lipinski definition) is 2. The molecule has 118 valence electrons. The standard InChI is InChI=1S/C18H24N2O2/c1-2-3-8-16(12-19)20-18(21)13-22-17-10-9-14-6-4-5-7-15(14)11-17/h4-7,9-11,16H,2-3,8,12-13,19H2,1H3,(H,20,21). The number of carbonyl (C=O) groups is 1. The van der Waals surface area contributed by atoms with E-state index < -0.39 is 0 Å². The molecule has 0 aliphatic carbocycles. The maximum absolute atomic E-state index is 11.9. The van der Waals surface area contributed by atoms with Crippen LogP contribution in [0.4, 0.5) is 0 Å². The van der Waals surface area contributed by atoms with Crippen LogP contribution in [0.5, 0.6) is 5.75 Å². The summed E-state index contributed by atoms with van der Waals surface area (Å²) in [5.74, 6) is 0.575. The van der Waals surface area contributed by atoms with E-state index in [0.717, 1.165) is 30.0 Å². The van der Waals surface area contributed by atoms with Crippen LogP contribution in [-0.2, 0) is 4.79 Å². The molecule has 0 saturated heterocycles. The SMILES string of the molecule is CCCCC(CN)NC(=O)COc1ccc2ccccc2c1. The van der Waals surface area contributed by atoms with Crippen LogP contribution in [0.1, 0.15) is 26.2 Å². The highest BCUT2D eigenvalue weighted by Gasteiger charge is 2.10. The van der Waals surface area contributed by atoms with Gasteiger partial charge in [0.05, 0.1) is 0 Å². The van der Waals surface area contributed by atoms with E-state index in [1.807, 2.05) is 42.5 Å². The van der Waals surface area contributed by atoms with Crippen molar-refractivity contribution < 1.29 is 9.53 Å². The number of amides is 1. The Balaban J connectivity index is 1.86. The number of hydrogen-bond acceptors (Lipinski definition) is 3. The second-order valence-electron chi connectivity index (χ2n) is 5.44. The number of ether oxygens (including phenoxy) is 1. The number of carbonyl (C=O) groups excluding carboxylic acids is 1. The Kier molecular flexibility index (Phi) is 6.22. The molecule has 1 amide bonds. The zero-order valence-corrected chi connectivity index (χ0v) is 13.0. The lowest BCUT2D eigenvalue weighted by atomic mass is 10.1. The van der Waals surface area contributed by atoms with Crippen LogP contribution in [0.2, 0.25) is 0 Å². The largest absolute Gasteiger partial charge is 0.484 e. The van der Waals surface area contributed by atoms with E-state index in [2.05, 4.69) is 12.2 Å². The third-order valence-corrected chi connectivity index (χ3v) is 3.65. The lowest BCUT2D eigenvalue weighted by molar-refractivity contribution is -0.123. The fourth-order valence-corrected chi connectivity index (χ4v) is 2.37. The molecule has 0 bridgehead atoms. The Hall–Kier alpha value is -2.07. The lowest BCUT2D eigenvalue weighted by Gasteiger charge is -2.16. The van der Waals surface area contributed by atoms with E-state index in [1.165, 1.54) is 0 Å². The maximum Gasteiger partial charge on any atom is 0.258 e. The fourth-order valence-electron chi connectivity index (χ4n) is 2.37. The highest BCUT2D eigenvalue weighted by atomic mass is 16.5. The van der Waals surface area contributed by atoms with Gasteiger partial charge in [0, 0.05) is 12.6 Å². The summed E-state index contributed by atoms with van der Waals surface area (Å²) in [5, 5.41) is 5.17. The Labute approximate surface area is 131 Å². The van der Waals surface area contributed by atoms with Gasteiger partial charge < -0.3 is 15.8 Å². The molecule has 0 aliphatic rings. The van der Waals surface area contributed by atoms with E-state index in [-0.39, 0.29) is 18.6 Å². The van der Waals surface area contributed by atoms with Crippen molar-refractivity contribution in [1.29, 1.82) is 0 Å². The molecular formula is C18H24N2O2. The summed E-state index contributed by atoms with van der Waals surface area (Å²) in [7, 11) is 0. The van der Waals surface area contributed by atoms with Gasteiger partial charge in [-0.3, -0.25) is 4.79 Å². The normalized spacial score (nSPS) is 12.1. The predicted octanol–water partition coefficient (Wildman–Crippen LogP) is 2.85. The summed E-state index contributed by atoms with van der Waals surface area (Å²) < 4.78 is 5.57. The van der Waals surface area contributed by atoms with Gasteiger partial charge in [-0.2, -0.15) is 0 Å². The molecule has 4 nitrogen and oxygen atoms in total. The predicted molar refractivity (Wildman–Crippen MR) is 90.0 cm³/mol. The van der Waals surface area contributed by atoms with Gasteiger partial charge in [-0.25, -0.2) is 0 Å². The monoisotopic (exact) mass is 300 g/mol. The van der Waals surface area contributed by atoms with Crippen molar-refractivity contribution in [2.24, 2.45) is 5.73 Å². The average Bonchev–Trinajstić information content (AvgIpc) is 2.56. The number of benzene rings is 2. The molecule has 1 unspecified atom stereocenters. The molecular weight excluding hydrogens is 276 g/mol. The second kappa shape index (κ2) is 8.39. The molecule has 2 rings (SSSR count). The van der Waals surface area contributed by atoms with Crippen molar-refractivity contribution in [3.8, 4) is 5.75 Å². The van der Waals surface area contributed by atoms with Crippen LogP contribution in [-0.4, -0.2) is 25.1 Å². The summed E-state index contributed by atoms with van der Waals surface area (Å²) in [5.41, 5.74) is 5.68. The van der Waals surface area contributed by atoms with Crippen molar-refractivity contribution in [2.75, 3.05) is 13.2 Å². The van der Waals surface area contributed by atoms with Crippen molar-refractivity contribution in [2.45, 2.75) is 32.2 Å². The molecule has 1 atom stereocenters. The number of fused-ring (bicyclic) bond motifs is 1. The summed E-state index contributed by atoms with van der Waals surface area (Å²) in [6.45, 7) is 2.60. The molecule has 0 radical (unpaired) electrons. The third-order valence-electron chi connectivity index (χ3n) is 3.65. The van der Waals surface area contributed by atoms with Crippen LogP contribution in [0.25, 0.3) is 10.8 Å². The molecule has 2 aromatic carbocycles. The molecule has 0 saturated carbocycles. The summed E-state index contributed by atoms with van der Waals surface area (Å²) in [4.78, 5) is 11.9. The smallest absolute Gasteiger partial charge is 0.258 e. The maximum atomic E-state index is 11.9. The lowest BCUT2D eigenvalue weighted by Crippen LogP contribution is -2.42. The topological polar surface area (TPSA) is 64.3 Å². The molecule has 0 fully saturated rings. The number of unbranched alkanes of at least 4 members (excludes halogenated alkanes) is 1. The Morgan fingerprint density at radius 3 is 2.73 bits per heavy atom. The third kappa shape index (κ3) is 4.74.